The van der Waals surface area contributed by atoms with Crippen LogP contribution in [0.3, 0.4) is 0 Å². The molecule has 1 aromatic heterocycles. The molecule has 2 aromatic rings. The van der Waals surface area contributed by atoms with Gasteiger partial charge in [0.2, 0.25) is 0 Å². The lowest BCUT2D eigenvalue weighted by Gasteiger charge is -2.01. The van der Waals surface area contributed by atoms with E-state index in [-0.39, 0.29) is 11.7 Å². The van der Waals surface area contributed by atoms with Gasteiger partial charge in [0, 0.05) is 23.0 Å². The van der Waals surface area contributed by atoms with E-state index in [4.69, 9.17) is 0 Å². The molecule has 2 N–H and O–H groups in total. The summed E-state index contributed by atoms with van der Waals surface area (Å²) in [5.74, 6) is 0.00900. The van der Waals surface area contributed by atoms with Gasteiger partial charge >= 0.3 is 5.97 Å². The van der Waals surface area contributed by atoms with Crippen LogP contribution in [0.15, 0.2) is 18.2 Å². The average Bonchev–Trinajstić information content (AvgIpc) is 2.61. The van der Waals surface area contributed by atoms with Gasteiger partial charge in [-0.2, -0.15) is 0 Å². The Bertz CT molecular complexity index is 557. The number of aryl methyl sites for hydroxylation is 2. The smallest absolute Gasteiger partial charge is 0.305 e. The zero-order valence-corrected chi connectivity index (χ0v) is 9.91. The van der Waals surface area contributed by atoms with Crippen molar-refractivity contribution in [2.24, 2.45) is 0 Å². The minimum atomic E-state index is -0.223. The predicted octanol–water partition coefficient (Wildman–Crippen LogP) is 2.29. The van der Waals surface area contributed by atoms with Crippen LogP contribution in [-0.4, -0.2) is 23.2 Å². The molecule has 0 unspecified atom stereocenters. The van der Waals surface area contributed by atoms with Gasteiger partial charge in [0.05, 0.1) is 7.11 Å². The summed E-state index contributed by atoms with van der Waals surface area (Å²) in [4.78, 5) is 14.4. The maximum atomic E-state index is 11.1. The van der Waals surface area contributed by atoms with Crippen LogP contribution in [0.25, 0.3) is 10.9 Å². The number of phenolic OH excluding ortho intramolecular Hbond substituents is 1. The molecule has 1 heterocycles. The fraction of sp³-hybridized carbons (Fsp3) is 0.308. The average molecular weight is 233 g/mol. The molecule has 0 saturated carbocycles. The highest BCUT2D eigenvalue weighted by molar-refractivity contribution is 5.86. The molecule has 4 nitrogen and oxygen atoms in total. The Morgan fingerprint density at radius 3 is 2.94 bits per heavy atom. The zero-order valence-electron chi connectivity index (χ0n) is 9.91. The van der Waals surface area contributed by atoms with Crippen LogP contribution >= 0.6 is 0 Å². The summed E-state index contributed by atoms with van der Waals surface area (Å²) in [5, 5.41) is 10.4. The van der Waals surface area contributed by atoms with Gasteiger partial charge in [0.25, 0.3) is 0 Å². The summed E-state index contributed by atoms with van der Waals surface area (Å²) in [6.45, 7) is 1.96. The molecule has 0 fully saturated rings. The summed E-state index contributed by atoms with van der Waals surface area (Å²) < 4.78 is 4.63. The fourth-order valence-corrected chi connectivity index (χ4v) is 2.02. The maximum Gasteiger partial charge on any atom is 0.305 e. The van der Waals surface area contributed by atoms with Crippen LogP contribution in [0.2, 0.25) is 0 Å². The van der Waals surface area contributed by atoms with Crippen molar-refractivity contribution >= 4 is 16.9 Å². The third-order valence-corrected chi connectivity index (χ3v) is 2.91. The molecule has 4 heteroatoms. The summed E-state index contributed by atoms with van der Waals surface area (Å²) in [6.07, 6.45) is 0.960. The number of hydrogen-bond donors (Lipinski definition) is 2. The number of phenols is 1. The van der Waals surface area contributed by atoms with Gasteiger partial charge in [-0.1, -0.05) is 0 Å². The number of carbonyl (C=O) groups excluding carboxylic acids is 1. The Labute approximate surface area is 99.2 Å². The minimum Gasteiger partial charge on any atom is -0.508 e. The number of H-pyrrole nitrogens is 1. The number of aromatic nitrogens is 1. The van der Waals surface area contributed by atoms with E-state index >= 15 is 0 Å². The molecule has 0 saturated heterocycles. The molecular formula is C13H15NO3. The van der Waals surface area contributed by atoms with E-state index in [9.17, 15) is 9.90 Å². The van der Waals surface area contributed by atoms with Gasteiger partial charge < -0.3 is 14.8 Å². The van der Waals surface area contributed by atoms with Gasteiger partial charge in [0.1, 0.15) is 5.75 Å². The van der Waals surface area contributed by atoms with Crippen molar-refractivity contribution in [2.45, 2.75) is 19.8 Å². The highest BCUT2D eigenvalue weighted by Gasteiger charge is 2.11. The van der Waals surface area contributed by atoms with Crippen LogP contribution in [0.1, 0.15) is 17.7 Å². The van der Waals surface area contributed by atoms with E-state index < -0.39 is 0 Å². The number of rotatable bonds is 3. The zero-order chi connectivity index (χ0) is 12.4. The SMILES string of the molecule is COC(=O)CCc1c(C)[nH]c2ccc(O)cc12. The molecule has 90 valence electrons. The molecule has 0 amide bonds. The lowest BCUT2D eigenvalue weighted by molar-refractivity contribution is -0.140. The van der Waals surface area contributed by atoms with Gasteiger partial charge in [-0.05, 0) is 37.1 Å². The quantitative estimate of drug-likeness (QED) is 0.799. The first-order chi connectivity index (χ1) is 8.11. The molecule has 0 bridgehead atoms. The van der Waals surface area contributed by atoms with Crippen LogP contribution in [0, 0.1) is 6.92 Å². The van der Waals surface area contributed by atoms with Gasteiger partial charge in [0.15, 0.2) is 0 Å². The normalized spacial score (nSPS) is 10.7. The van der Waals surface area contributed by atoms with Crippen molar-refractivity contribution in [3.63, 3.8) is 0 Å². The van der Waals surface area contributed by atoms with Crippen molar-refractivity contribution in [2.75, 3.05) is 7.11 Å². The third-order valence-electron chi connectivity index (χ3n) is 2.91. The molecule has 2 rings (SSSR count). The van der Waals surface area contributed by atoms with Crippen LogP contribution < -0.4 is 0 Å². The lowest BCUT2D eigenvalue weighted by atomic mass is 10.1. The summed E-state index contributed by atoms with van der Waals surface area (Å²) in [7, 11) is 1.39. The van der Waals surface area contributed by atoms with Crippen LogP contribution in [0.4, 0.5) is 0 Å². The van der Waals surface area contributed by atoms with Gasteiger partial charge in [-0.15, -0.1) is 0 Å². The second-order valence-corrected chi connectivity index (χ2v) is 4.03. The standard InChI is InChI=1S/C13H15NO3/c1-8-10(4-6-13(16)17-2)11-7-9(15)3-5-12(11)14-8/h3,5,7,14-15H,4,6H2,1-2H3. The second-order valence-electron chi connectivity index (χ2n) is 4.03. The number of carbonyl (C=O) groups is 1. The first-order valence-electron chi connectivity index (χ1n) is 5.49. The summed E-state index contributed by atoms with van der Waals surface area (Å²) in [6, 6.07) is 5.19. The number of esters is 1. The van der Waals surface area contributed by atoms with Crippen LogP contribution in [-0.2, 0) is 16.0 Å². The first kappa shape index (κ1) is 11.5. The first-order valence-corrected chi connectivity index (χ1v) is 5.49. The maximum absolute atomic E-state index is 11.1. The summed E-state index contributed by atoms with van der Waals surface area (Å²) in [5.41, 5.74) is 3.05. The molecule has 0 aliphatic carbocycles. The van der Waals surface area contributed by atoms with Crippen molar-refractivity contribution in [1.82, 2.24) is 4.98 Å². The highest BCUT2D eigenvalue weighted by atomic mass is 16.5. The number of hydrogen-bond acceptors (Lipinski definition) is 3. The van der Waals surface area contributed by atoms with Crippen molar-refractivity contribution in [1.29, 1.82) is 0 Å². The topological polar surface area (TPSA) is 62.3 Å². The Morgan fingerprint density at radius 2 is 2.24 bits per heavy atom. The molecule has 0 atom stereocenters. The predicted molar refractivity (Wildman–Crippen MR) is 65.0 cm³/mol. The van der Waals surface area contributed by atoms with E-state index in [1.54, 1.807) is 12.1 Å². The van der Waals surface area contributed by atoms with Crippen LogP contribution in [0.5, 0.6) is 5.75 Å². The van der Waals surface area contributed by atoms with E-state index in [1.165, 1.54) is 7.11 Å². The largest absolute Gasteiger partial charge is 0.508 e. The van der Waals surface area contributed by atoms with E-state index in [2.05, 4.69) is 9.72 Å². The Hall–Kier alpha value is -1.97. The number of nitrogens with one attached hydrogen (secondary N) is 1. The number of aromatic amines is 1. The van der Waals surface area contributed by atoms with Gasteiger partial charge in [-0.3, -0.25) is 4.79 Å². The number of aromatic hydroxyl groups is 1. The fourth-order valence-electron chi connectivity index (χ4n) is 2.02. The molecule has 0 spiro atoms. The number of benzene rings is 1. The minimum absolute atomic E-state index is 0.223. The monoisotopic (exact) mass is 233 g/mol. The molecule has 17 heavy (non-hydrogen) atoms. The Morgan fingerprint density at radius 1 is 1.47 bits per heavy atom. The van der Waals surface area contributed by atoms with Crippen molar-refractivity contribution < 1.29 is 14.6 Å². The molecule has 1 aromatic carbocycles. The van der Waals surface area contributed by atoms with E-state index in [0.29, 0.717) is 12.8 Å². The van der Waals surface area contributed by atoms with Crippen molar-refractivity contribution in [3.05, 3.63) is 29.5 Å². The molecular weight excluding hydrogens is 218 g/mol. The lowest BCUT2D eigenvalue weighted by Crippen LogP contribution is -2.02. The molecule has 0 aliphatic rings. The third kappa shape index (κ3) is 2.25. The molecule has 0 aliphatic heterocycles. The Balaban J connectivity index is 2.35. The number of ether oxygens (including phenoxy) is 1. The van der Waals surface area contributed by atoms with Gasteiger partial charge in [-0.25, -0.2) is 0 Å². The van der Waals surface area contributed by atoms with E-state index in [1.807, 2.05) is 13.0 Å². The highest BCUT2D eigenvalue weighted by Crippen LogP contribution is 2.26. The van der Waals surface area contributed by atoms with Crippen molar-refractivity contribution in [3.8, 4) is 5.75 Å². The Kier molecular flexibility index (Phi) is 3.04. The van der Waals surface area contributed by atoms with E-state index in [0.717, 1.165) is 22.2 Å². The number of methoxy groups -OCH3 is 1. The second kappa shape index (κ2) is 4.49. The summed E-state index contributed by atoms with van der Waals surface area (Å²) >= 11 is 0. The molecule has 0 radical (unpaired) electrons. The number of fused-ring (bicyclic) bond motifs is 1.